The molecule has 7 heteroatoms. The molecule has 1 aromatic heterocycles. The number of H-pyrrole nitrogens is 1. The lowest BCUT2D eigenvalue weighted by molar-refractivity contribution is 0.263. The first kappa shape index (κ1) is 24.1. The first-order valence-electron chi connectivity index (χ1n) is 11.5. The Bertz CT molecular complexity index is 1190. The maximum Gasteiger partial charge on any atom is 0.293 e. The predicted octanol–water partition coefficient (Wildman–Crippen LogP) is 3.18. The van der Waals surface area contributed by atoms with Gasteiger partial charge in [-0.25, -0.2) is 4.98 Å². The summed E-state index contributed by atoms with van der Waals surface area (Å²) >= 11 is 2.04. The van der Waals surface area contributed by atoms with Crippen LogP contribution in [0.25, 0.3) is 0 Å². The molecule has 176 valence electrons. The molecule has 1 aliphatic rings. The maximum absolute atomic E-state index is 11.6. The van der Waals surface area contributed by atoms with Gasteiger partial charge in [-0.05, 0) is 59.7 Å². The van der Waals surface area contributed by atoms with E-state index < -0.39 is 11.3 Å². The summed E-state index contributed by atoms with van der Waals surface area (Å²) in [5, 5.41) is 23.4. The fourth-order valence-corrected chi connectivity index (χ4v) is 5.06. The second kappa shape index (κ2) is 11.9. The summed E-state index contributed by atoms with van der Waals surface area (Å²) in [5.74, 6) is 8.21. The molecule has 4 N–H and O–H groups in total. The minimum atomic E-state index is -0.583. The highest BCUT2D eigenvalue weighted by atomic mass is 32.2. The van der Waals surface area contributed by atoms with Crippen LogP contribution in [0.2, 0.25) is 0 Å². The zero-order valence-corrected chi connectivity index (χ0v) is 19.8. The van der Waals surface area contributed by atoms with E-state index in [1.54, 1.807) is 0 Å². The number of aromatic hydroxyl groups is 1. The van der Waals surface area contributed by atoms with Gasteiger partial charge in [0.15, 0.2) is 0 Å². The molecule has 1 unspecified atom stereocenters. The SMILES string of the molecule is O=c1[nH]cnc(CC(CO)c2ccc(C#Cc3ccc(CNC4CCSCC4)cc3)cc2)c1O. The molecule has 1 saturated heterocycles. The Balaban J connectivity index is 1.35. The molecule has 2 heterocycles. The zero-order valence-electron chi connectivity index (χ0n) is 19.0. The lowest BCUT2D eigenvalue weighted by atomic mass is 9.94. The quantitative estimate of drug-likeness (QED) is 0.392. The van der Waals surface area contributed by atoms with E-state index in [4.69, 9.17) is 0 Å². The van der Waals surface area contributed by atoms with Gasteiger partial charge in [-0.3, -0.25) is 4.79 Å². The van der Waals surface area contributed by atoms with E-state index in [1.165, 1.54) is 36.2 Å². The molecular formula is C27H29N3O3S. The maximum atomic E-state index is 11.6. The van der Waals surface area contributed by atoms with Crippen molar-refractivity contribution in [1.29, 1.82) is 0 Å². The monoisotopic (exact) mass is 475 g/mol. The van der Waals surface area contributed by atoms with Crippen LogP contribution < -0.4 is 10.9 Å². The predicted molar refractivity (Wildman–Crippen MR) is 136 cm³/mol. The summed E-state index contributed by atoms with van der Waals surface area (Å²) in [6.45, 7) is 0.765. The molecule has 0 bridgehead atoms. The van der Waals surface area contributed by atoms with E-state index >= 15 is 0 Å². The molecule has 6 nitrogen and oxygen atoms in total. The molecular weight excluding hydrogens is 446 g/mol. The van der Waals surface area contributed by atoms with Crippen molar-refractivity contribution < 1.29 is 10.2 Å². The van der Waals surface area contributed by atoms with Gasteiger partial charge in [0.25, 0.3) is 5.56 Å². The smallest absolute Gasteiger partial charge is 0.293 e. The van der Waals surface area contributed by atoms with Gasteiger partial charge in [-0.1, -0.05) is 36.1 Å². The van der Waals surface area contributed by atoms with Crippen LogP contribution in [-0.4, -0.2) is 44.3 Å². The Labute approximate surface area is 203 Å². The molecule has 0 radical (unpaired) electrons. The van der Waals surface area contributed by atoms with Crippen LogP contribution >= 0.6 is 11.8 Å². The second-order valence-electron chi connectivity index (χ2n) is 8.45. The number of nitrogens with zero attached hydrogens (tertiary/aromatic N) is 1. The zero-order chi connectivity index (χ0) is 23.8. The number of aromatic nitrogens is 2. The largest absolute Gasteiger partial charge is 0.502 e. The molecule has 0 aliphatic carbocycles. The molecule has 0 amide bonds. The number of nitrogens with one attached hydrogen (secondary N) is 2. The number of aromatic amines is 1. The summed E-state index contributed by atoms with van der Waals surface area (Å²) in [6, 6.07) is 16.6. The Morgan fingerprint density at radius 1 is 1.06 bits per heavy atom. The van der Waals surface area contributed by atoms with Crippen molar-refractivity contribution in [2.75, 3.05) is 18.1 Å². The van der Waals surface area contributed by atoms with Crippen molar-refractivity contribution in [1.82, 2.24) is 15.3 Å². The van der Waals surface area contributed by atoms with Crippen molar-refractivity contribution in [3.63, 3.8) is 0 Å². The van der Waals surface area contributed by atoms with E-state index in [2.05, 4.69) is 51.4 Å². The summed E-state index contributed by atoms with van der Waals surface area (Å²) in [4.78, 5) is 17.9. The Morgan fingerprint density at radius 3 is 2.35 bits per heavy atom. The van der Waals surface area contributed by atoms with Gasteiger partial charge in [0.05, 0.1) is 18.6 Å². The van der Waals surface area contributed by atoms with Crippen LogP contribution in [0.15, 0.2) is 59.7 Å². The lowest BCUT2D eigenvalue weighted by Gasteiger charge is -2.22. The lowest BCUT2D eigenvalue weighted by Crippen LogP contribution is -2.31. The average Bonchev–Trinajstić information content (AvgIpc) is 2.89. The number of rotatable bonds is 7. The molecule has 4 rings (SSSR count). The molecule has 34 heavy (non-hydrogen) atoms. The van der Waals surface area contributed by atoms with Crippen molar-refractivity contribution in [2.45, 2.75) is 37.8 Å². The fourth-order valence-electron chi connectivity index (χ4n) is 3.95. The number of thioether (sulfide) groups is 1. The van der Waals surface area contributed by atoms with Gasteiger partial charge in [0.2, 0.25) is 5.75 Å². The van der Waals surface area contributed by atoms with Crippen LogP contribution in [0, 0.1) is 11.8 Å². The van der Waals surface area contributed by atoms with Crippen LogP contribution in [-0.2, 0) is 13.0 Å². The fraction of sp³-hybridized carbons (Fsp3) is 0.333. The van der Waals surface area contributed by atoms with Gasteiger partial charge < -0.3 is 20.5 Å². The van der Waals surface area contributed by atoms with Crippen LogP contribution in [0.1, 0.15) is 46.7 Å². The molecule has 0 saturated carbocycles. The van der Waals surface area contributed by atoms with Gasteiger partial charge in [0.1, 0.15) is 0 Å². The molecule has 1 atom stereocenters. The normalized spacial score (nSPS) is 14.9. The molecule has 1 aliphatic heterocycles. The molecule has 0 spiro atoms. The topological polar surface area (TPSA) is 98.2 Å². The van der Waals surface area contributed by atoms with Crippen molar-refractivity contribution in [3.8, 4) is 17.6 Å². The van der Waals surface area contributed by atoms with Crippen molar-refractivity contribution in [3.05, 3.63) is 93.2 Å². The minimum Gasteiger partial charge on any atom is -0.502 e. The van der Waals surface area contributed by atoms with Crippen molar-refractivity contribution >= 4 is 11.8 Å². The number of hydrogen-bond donors (Lipinski definition) is 4. The Hall–Kier alpha value is -3.05. The van der Waals surface area contributed by atoms with Gasteiger partial charge in [-0.15, -0.1) is 0 Å². The number of aliphatic hydroxyl groups is 1. The Kier molecular flexibility index (Phi) is 8.42. The second-order valence-corrected chi connectivity index (χ2v) is 9.67. The van der Waals surface area contributed by atoms with E-state index in [9.17, 15) is 15.0 Å². The summed E-state index contributed by atoms with van der Waals surface area (Å²) < 4.78 is 0. The Morgan fingerprint density at radius 2 is 1.71 bits per heavy atom. The third-order valence-electron chi connectivity index (χ3n) is 6.07. The number of hydrogen-bond acceptors (Lipinski definition) is 6. The van der Waals surface area contributed by atoms with E-state index in [0.29, 0.717) is 6.04 Å². The van der Waals surface area contributed by atoms with E-state index in [-0.39, 0.29) is 24.6 Å². The number of aliphatic hydroxyl groups excluding tert-OH is 1. The minimum absolute atomic E-state index is 0.125. The van der Waals surface area contributed by atoms with Crippen LogP contribution in [0.5, 0.6) is 5.75 Å². The third-order valence-corrected chi connectivity index (χ3v) is 7.12. The summed E-state index contributed by atoms with van der Waals surface area (Å²) in [5.41, 5.74) is 3.68. The average molecular weight is 476 g/mol. The molecule has 3 aromatic rings. The first-order chi connectivity index (χ1) is 16.6. The highest BCUT2D eigenvalue weighted by Gasteiger charge is 2.16. The summed E-state index contributed by atoms with van der Waals surface area (Å²) in [7, 11) is 0. The highest BCUT2D eigenvalue weighted by molar-refractivity contribution is 7.99. The van der Waals surface area contributed by atoms with E-state index in [0.717, 1.165) is 23.2 Å². The number of benzene rings is 2. The third kappa shape index (κ3) is 6.51. The van der Waals surface area contributed by atoms with E-state index in [1.807, 2.05) is 36.0 Å². The standard InChI is InChI=1S/C27H29N3O3S/c31-17-23(15-25-26(32)27(33)30-18-29-25)22-9-7-20(8-10-22)2-1-19-3-5-21(6-4-19)16-28-24-11-13-34-14-12-24/h3-10,18,23-24,28,31-32H,11-17H2,(H,29,30,33). The van der Waals surface area contributed by atoms with Crippen molar-refractivity contribution in [2.24, 2.45) is 0 Å². The molecule has 2 aromatic carbocycles. The first-order valence-corrected chi connectivity index (χ1v) is 12.7. The van der Waals surface area contributed by atoms with Gasteiger partial charge in [0, 0.05) is 36.1 Å². The van der Waals surface area contributed by atoms with Crippen LogP contribution in [0.3, 0.4) is 0 Å². The van der Waals surface area contributed by atoms with Gasteiger partial charge in [-0.2, -0.15) is 11.8 Å². The molecule has 1 fully saturated rings. The highest BCUT2D eigenvalue weighted by Crippen LogP contribution is 2.23. The summed E-state index contributed by atoms with van der Waals surface area (Å²) in [6.07, 6.45) is 4.01. The van der Waals surface area contributed by atoms with Gasteiger partial charge >= 0.3 is 0 Å². The van der Waals surface area contributed by atoms with Crippen LogP contribution in [0.4, 0.5) is 0 Å².